The van der Waals surface area contributed by atoms with Crippen LogP contribution in [-0.2, 0) is 12.5 Å². The first kappa shape index (κ1) is 15.4. The van der Waals surface area contributed by atoms with E-state index < -0.39 is 0 Å². The molecule has 5 heteroatoms. The molecule has 106 valence electrons. The second kappa shape index (κ2) is 5.55. The van der Waals surface area contributed by atoms with Crippen LogP contribution in [0.4, 0.5) is 5.69 Å². The van der Waals surface area contributed by atoms with Gasteiger partial charge in [-0.2, -0.15) is 5.10 Å². The zero-order valence-electron chi connectivity index (χ0n) is 12.7. The lowest BCUT2D eigenvalue weighted by Crippen LogP contribution is -2.29. The summed E-state index contributed by atoms with van der Waals surface area (Å²) in [4.78, 5) is 16.2. The minimum atomic E-state index is -0.176. The van der Waals surface area contributed by atoms with Crippen molar-refractivity contribution in [2.24, 2.45) is 18.0 Å². The summed E-state index contributed by atoms with van der Waals surface area (Å²) in [6.45, 7) is 14.4. The van der Waals surface area contributed by atoms with Crippen molar-refractivity contribution in [3.63, 3.8) is 0 Å². The molecule has 0 bridgehead atoms. The SMILES string of the molecule is C=Nc1c(C(C)(C)C)nn(C)c1C(=O)NCC(C)C. The van der Waals surface area contributed by atoms with E-state index in [1.54, 1.807) is 11.7 Å². The van der Waals surface area contributed by atoms with Crippen LogP contribution in [0.5, 0.6) is 0 Å². The molecule has 1 aromatic rings. The molecule has 1 rings (SSSR count). The smallest absolute Gasteiger partial charge is 0.271 e. The Balaban J connectivity index is 3.18. The molecule has 1 aromatic heterocycles. The predicted octanol–water partition coefficient (Wildman–Crippen LogP) is 2.44. The van der Waals surface area contributed by atoms with Gasteiger partial charge in [-0.15, -0.1) is 0 Å². The Morgan fingerprint density at radius 2 is 2.05 bits per heavy atom. The first-order valence-electron chi connectivity index (χ1n) is 6.50. The average molecular weight is 264 g/mol. The number of aromatic nitrogens is 2. The zero-order valence-corrected chi connectivity index (χ0v) is 12.7. The van der Waals surface area contributed by atoms with E-state index in [2.05, 4.69) is 36.0 Å². The van der Waals surface area contributed by atoms with Crippen LogP contribution >= 0.6 is 0 Å². The Bertz CT molecular complexity index is 480. The third-order valence-corrected chi connectivity index (χ3v) is 2.78. The van der Waals surface area contributed by atoms with Crippen LogP contribution in [-0.4, -0.2) is 28.9 Å². The van der Waals surface area contributed by atoms with Gasteiger partial charge in [0.1, 0.15) is 5.69 Å². The van der Waals surface area contributed by atoms with Crippen LogP contribution in [0, 0.1) is 5.92 Å². The number of carbonyl (C=O) groups excluding carboxylic acids is 1. The largest absolute Gasteiger partial charge is 0.350 e. The Morgan fingerprint density at radius 1 is 1.47 bits per heavy atom. The summed E-state index contributed by atoms with van der Waals surface area (Å²) < 4.78 is 1.58. The van der Waals surface area contributed by atoms with Crippen LogP contribution in [0.1, 0.15) is 50.8 Å². The Morgan fingerprint density at radius 3 is 2.47 bits per heavy atom. The molecule has 0 aromatic carbocycles. The van der Waals surface area contributed by atoms with Gasteiger partial charge < -0.3 is 5.32 Å². The number of amides is 1. The zero-order chi connectivity index (χ0) is 14.8. The fraction of sp³-hybridized carbons (Fsp3) is 0.643. The number of aryl methyl sites for hydroxylation is 1. The lowest BCUT2D eigenvalue weighted by atomic mass is 9.91. The van der Waals surface area contributed by atoms with Crippen LogP contribution in [0.3, 0.4) is 0 Å². The van der Waals surface area contributed by atoms with E-state index in [9.17, 15) is 4.79 Å². The van der Waals surface area contributed by atoms with E-state index in [4.69, 9.17) is 0 Å². The normalized spacial score (nSPS) is 11.7. The number of nitrogens with zero attached hydrogens (tertiary/aromatic N) is 3. The Kier molecular flexibility index (Phi) is 4.50. The maximum Gasteiger partial charge on any atom is 0.271 e. The topological polar surface area (TPSA) is 59.3 Å². The third-order valence-electron chi connectivity index (χ3n) is 2.78. The van der Waals surface area contributed by atoms with Gasteiger partial charge in [-0.1, -0.05) is 34.6 Å². The van der Waals surface area contributed by atoms with Gasteiger partial charge >= 0.3 is 0 Å². The molecule has 0 unspecified atom stereocenters. The maximum absolute atomic E-state index is 12.2. The van der Waals surface area contributed by atoms with Crippen molar-refractivity contribution in [3.8, 4) is 0 Å². The van der Waals surface area contributed by atoms with Gasteiger partial charge in [0.15, 0.2) is 5.69 Å². The monoisotopic (exact) mass is 264 g/mol. The van der Waals surface area contributed by atoms with Crippen molar-refractivity contribution in [2.45, 2.75) is 40.0 Å². The summed E-state index contributed by atoms with van der Waals surface area (Å²) in [5.41, 5.74) is 1.67. The van der Waals surface area contributed by atoms with Crippen LogP contribution in [0.15, 0.2) is 4.99 Å². The molecular formula is C14H24N4O. The van der Waals surface area contributed by atoms with Gasteiger partial charge in [0.25, 0.3) is 5.91 Å². The summed E-state index contributed by atoms with van der Waals surface area (Å²) in [6.07, 6.45) is 0. The van der Waals surface area contributed by atoms with Crippen molar-refractivity contribution >= 4 is 18.3 Å². The third kappa shape index (κ3) is 3.43. The molecule has 0 atom stereocenters. The van der Waals surface area contributed by atoms with E-state index in [0.29, 0.717) is 23.8 Å². The fourth-order valence-electron chi connectivity index (χ4n) is 1.80. The van der Waals surface area contributed by atoms with Crippen molar-refractivity contribution in [1.29, 1.82) is 0 Å². The maximum atomic E-state index is 12.2. The van der Waals surface area contributed by atoms with E-state index in [1.807, 2.05) is 20.8 Å². The van der Waals surface area contributed by atoms with Crippen molar-refractivity contribution < 1.29 is 4.79 Å². The highest BCUT2D eigenvalue weighted by molar-refractivity contribution is 5.98. The molecule has 0 aliphatic carbocycles. The minimum Gasteiger partial charge on any atom is -0.350 e. The Hall–Kier alpha value is -1.65. The quantitative estimate of drug-likeness (QED) is 0.849. The fourth-order valence-corrected chi connectivity index (χ4v) is 1.80. The molecule has 1 amide bonds. The molecule has 0 aliphatic heterocycles. The molecule has 19 heavy (non-hydrogen) atoms. The number of rotatable bonds is 4. The summed E-state index contributed by atoms with van der Waals surface area (Å²) in [7, 11) is 1.76. The molecule has 0 fully saturated rings. The summed E-state index contributed by atoms with van der Waals surface area (Å²) >= 11 is 0. The van der Waals surface area contributed by atoms with Gasteiger partial charge in [0, 0.05) is 19.0 Å². The molecule has 5 nitrogen and oxygen atoms in total. The predicted molar refractivity (Wildman–Crippen MR) is 78.3 cm³/mol. The summed E-state index contributed by atoms with van der Waals surface area (Å²) in [5, 5.41) is 7.31. The van der Waals surface area contributed by atoms with E-state index in [1.165, 1.54) is 0 Å². The number of hydrogen-bond acceptors (Lipinski definition) is 3. The van der Waals surface area contributed by atoms with Crippen LogP contribution in [0.2, 0.25) is 0 Å². The molecule has 0 spiro atoms. The lowest BCUT2D eigenvalue weighted by molar-refractivity contribution is 0.0940. The lowest BCUT2D eigenvalue weighted by Gasteiger charge is -2.15. The Labute approximate surface area is 115 Å². The minimum absolute atomic E-state index is 0.151. The van der Waals surface area contributed by atoms with Crippen molar-refractivity contribution in [3.05, 3.63) is 11.4 Å². The van der Waals surface area contributed by atoms with Gasteiger partial charge in [0.2, 0.25) is 0 Å². The summed E-state index contributed by atoms with van der Waals surface area (Å²) in [6, 6.07) is 0. The molecular weight excluding hydrogens is 240 g/mol. The van der Waals surface area contributed by atoms with Crippen molar-refractivity contribution in [1.82, 2.24) is 15.1 Å². The standard InChI is InChI=1S/C14H24N4O/c1-9(2)8-16-13(19)11-10(15-6)12(14(3,4)5)17-18(11)7/h9H,6,8H2,1-5,7H3,(H,16,19). The van der Waals surface area contributed by atoms with Crippen molar-refractivity contribution in [2.75, 3.05) is 6.54 Å². The van der Waals surface area contributed by atoms with Gasteiger partial charge in [-0.25, -0.2) is 0 Å². The first-order valence-corrected chi connectivity index (χ1v) is 6.50. The number of hydrogen-bond donors (Lipinski definition) is 1. The highest BCUT2D eigenvalue weighted by Crippen LogP contribution is 2.33. The number of aliphatic imine (C=N–C) groups is 1. The highest BCUT2D eigenvalue weighted by atomic mass is 16.2. The van der Waals surface area contributed by atoms with Crippen LogP contribution in [0.25, 0.3) is 0 Å². The molecule has 0 aliphatic rings. The highest BCUT2D eigenvalue weighted by Gasteiger charge is 2.28. The van der Waals surface area contributed by atoms with E-state index in [-0.39, 0.29) is 11.3 Å². The van der Waals surface area contributed by atoms with E-state index >= 15 is 0 Å². The molecule has 0 saturated carbocycles. The van der Waals surface area contributed by atoms with Gasteiger partial charge in [-0.3, -0.25) is 14.5 Å². The molecule has 1 heterocycles. The first-order chi connectivity index (χ1) is 8.68. The molecule has 1 N–H and O–H groups in total. The average Bonchev–Trinajstić information content (AvgIpc) is 2.62. The number of nitrogens with one attached hydrogen (secondary N) is 1. The second-order valence-corrected chi connectivity index (χ2v) is 6.18. The number of carbonyl (C=O) groups is 1. The van der Waals surface area contributed by atoms with E-state index in [0.717, 1.165) is 5.69 Å². The molecule has 0 radical (unpaired) electrons. The van der Waals surface area contributed by atoms with Gasteiger partial charge in [0.05, 0.1) is 5.69 Å². The second-order valence-electron chi connectivity index (χ2n) is 6.18. The van der Waals surface area contributed by atoms with Crippen LogP contribution < -0.4 is 5.32 Å². The summed E-state index contributed by atoms with van der Waals surface area (Å²) in [5.74, 6) is 0.251. The molecule has 0 saturated heterocycles. The van der Waals surface area contributed by atoms with Gasteiger partial charge in [-0.05, 0) is 12.6 Å².